The number of carbonyl (C=O) groups excluding carboxylic acids is 1. The number of sulfone groups is 2. The van der Waals surface area contributed by atoms with Crippen molar-refractivity contribution in [1.29, 1.82) is 0 Å². The summed E-state index contributed by atoms with van der Waals surface area (Å²) in [5, 5.41) is -0.833. The van der Waals surface area contributed by atoms with Crippen LogP contribution in [-0.4, -0.2) is 58.2 Å². The van der Waals surface area contributed by atoms with Gasteiger partial charge in [-0.2, -0.15) is 0 Å². The van der Waals surface area contributed by atoms with Crippen LogP contribution in [0.15, 0.2) is 0 Å². The molecule has 19 heavy (non-hydrogen) atoms. The van der Waals surface area contributed by atoms with E-state index in [9.17, 15) is 21.6 Å². The zero-order valence-electron chi connectivity index (χ0n) is 10.7. The van der Waals surface area contributed by atoms with Gasteiger partial charge in [-0.15, -0.1) is 0 Å². The van der Waals surface area contributed by atoms with Crippen LogP contribution in [0.25, 0.3) is 0 Å². The van der Waals surface area contributed by atoms with Crippen LogP contribution >= 0.6 is 0 Å². The Morgan fingerprint density at radius 3 is 2.63 bits per heavy atom. The first-order chi connectivity index (χ1) is 8.68. The quantitative estimate of drug-likeness (QED) is 0.632. The first-order valence-electron chi connectivity index (χ1n) is 5.80. The molecule has 2 fully saturated rings. The Labute approximate surface area is 112 Å². The summed E-state index contributed by atoms with van der Waals surface area (Å²) >= 11 is 0. The molecular weight excluding hydrogens is 296 g/mol. The van der Waals surface area contributed by atoms with Crippen LogP contribution in [0.4, 0.5) is 0 Å². The third-order valence-electron chi connectivity index (χ3n) is 3.83. The molecule has 2 rings (SSSR count). The summed E-state index contributed by atoms with van der Waals surface area (Å²) in [6, 6.07) is 0. The lowest BCUT2D eigenvalue weighted by Crippen LogP contribution is -2.75. The molecule has 2 aliphatic heterocycles. The average Bonchev–Trinajstić information content (AvgIpc) is 2.33. The van der Waals surface area contributed by atoms with E-state index < -0.39 is 47.5 Å². The highest BCUT2D eigenvalue weighted by Gasteiger charge is 2.75. The van der Waals surface area contributed by atoms with Gasteiger partial charge >= 0.3 is 5.97 Å². The maximum atomic E-state index is 12.3. The lowest BCUT2D eigenvalue weighted by atomic mass is 10.0. The maximum Gasteiger partial charge on any atom is 0.308 e. The van der Waals surface area contributed by atoms with E-state index in [-0.39, 0.29) is 0 Å². The SMILES string of the molecule is COC(=O)C[C@@]1(S(C)(=O)=O)[C@@H]2OCCC[C@@H]2S1(=O)=O. The minimum Gasteiger partial charge on any atom is -0.469 e. The zero-order valence-corrected chi connectivity index (χ0v) is 12.3. The largest absolute Gasteiger partial charge is 0.469 e. The van der Waals surface area contributed by atoms with Crippen molar-refractivity contribution < 1.29 is 31.1 Å². The number of fused-ring (bicyclic) bond motifs is 1. The van der Waals surface area contributed by atoms with Gasteiger partial charge in [0.15, 0.2) is 19.7 Å². The predicted molar refractivity (Wildman–Crippen MR) is 65.9 cm³/mol. The van der Waals surface area contributed by atoms with E-state index in [1.165, 1.54) is 0 Å². The van der Waals surface area contributed by atoms with E-state index in [0.29, 0.717) is 19.4 Å². The number of methoxy groups -OCH3 is 1. The van der Waals surface area contributed by atoms with Gasteiger partial charge in [0.05, 0.1) is 18.8 Å². The molecule has 0 aromatic heterocycles. The Balaban J connectivity index is 2.53. The average molecular weight is 312 g/mol. The first kappa shape index (κ1) is 14.7. The van der Waals surface area contributed by atoms with Crippen molar-refractivity contribution in [1.82, 2.24) is 0 Å². The molecule has 0 unspecified atom stereocenters. The van der Waals surface area contributed by atoms with Crippen LogP contribution in [-0.2, 0) is 33.9 Å². The highest BCUT2D eigenvalue weighted by molar-refractivity contribution is 8.11. The molecule has 0 radical (unpaired) electrons. The second-order valence-electron chi connectivity index (χ2n) is 4.85. The third kappa shape index (κ3) is 1.82. The van der Waals surface area contributed by atoms with Gasteiger partial charge in [-0.25, -0.2) is 16.8 Å². The van der Waals surface area contributed by atoms with Gasteiger partial charge in [0.25, 0.3) is 0 Å². The molecule has 0 aliphatic carbocycles. The minimum absolute atomic E-state index is 0.301. The predicted octanol–water partition coefficient (Wildman–Crippen LogP) is -0.734. The number of carbonyl (C=O) groups is 1. The van der Waals surface area contributed by atoms with Crippen LogP contribution in [0.1, 0.15) is 19.3 Å². The lowest BCUT2D eigenvalue weighted by molar-refractivity contribution is -0.142. The standard InChI is InChI=1S/C10H16O7S2/c1-16-8(11)6-10(18(2,12)13)9-7(19(10,14)15)4-3-5-17-9/h7,9H,3-6H2,1-2H3/t7-,9+,10-/m0/s1. The fourth-order valence-electron chi connectivity index (χ4n) is 2.86. The summed E-state index contributed by atoms with van der Waals surface area (Å²) in [5.41, 5.74) is 0. The van der Waals surface area contributed by atoms with Crippen LogP contribution < -0.4 is 0 Å². The van der Waals surface area contributed by atoms with E-state index >= 15 is 0 Å². The van der Waals surface area contributed by atoms with Crippen molar-refractivity contribution in [2.75, 3.05) is 20.0 Å². The van der Waals surface area contributed by atoms with Gasteiger partial charge in [-0.05, 0) is 12.8 Å². The van der Waals surface area contributed by atoms with Crippen molar-refractivity contribution in [2.24, 2.45) is 0 Å². The van der Waals surface area contributed by atoms with Crippen LogP contribution in [0, 0.1) is 0 Å². The van der Waals surface area contributed by atoms with Gasteiger partial charge in [0.1, 0.15) is 6.10 Å². The first-order valence-corrected chi connectivity index (χ1v) is 9.23. The van der Waals surface area contributed by atoms with E-state index in [4.69, 9.17) is 4.74 Å². The molecule has 0 N–H and O–H groups in total. The van der Waals surface area contributed by atoms with Crippen LogP contribution in [0.2, 0.25) is 0 Å². The van der Waals surface area contributed by atoms with Crippen molar-refractivity contribution >= 4 is 25.6 Å². The molecule has 0 bridgehead atoms. The van der Waals surface area contributed by atoms with E-state index in [0.717, 1.165) is 13.4 Å². The molecule has 0 saturated carbocycles. The van der Waals surface area contributed by atoms with Crippen molar-refractivity contribution in [2.45, 2.75) is 34.7 Å². The molecule has 110 valence electrons. The Bertz CT molecular complexity index is 591. The summed E-state index contributed by atoms with van der Waals surface area (Å²) in [6.45, 7) is 0.301. The molecule has 7 nitrogen and oxygen atoms in total. The molecule has 0 aromatic carbocycles. The van der Waals surface area contributed by atoms with Gasteiger partial charge in [-0.3, -0.25) is 4.79 Å². The molecule has 2 heterocycles. The van der Waals surface area contributed by atoms with Gasteiger partial charge in [-0.1, -0.05) is 0 Å². The smallest absolute Gasteiger partial charge is 0.308 e. The Kier molecular flexibility index (Phi) is 3.43. The number of ether oxygens (including phenoxy) is 2. The summed E-state index contributed by atoms with van der Waals surface area (Å²) in [5.74, 6) is -0.873. The topological polar surface area (TPSA) is 104 Å². The number of hydrogen-bond donors (Lipinski definition) is 0. The highest BCUT2D eigenvalue weighted by atomic mass is 32.3. The second-order valence-corrected chi connectivity index (χ2v) is 9.81. The van der Waals surface area contributed by atoms with Crippen molar-refractivity contribution in [3.05, 3.63) is 0 Å². The molecule has 2 aliphatic rings. The van der Waals surface area contributed by atoms with E-state index in [1.807, 2.05) is 0 Å². The van der Waals surface area contributed by atoms with E-state index in [2.05, 4.69) is 4.74 Å². The molecule has 0 amide bonds. The monoisotopic (exact) mass is 312 g/mol. The lowest BCUT2D eigenvalue weighted by Gasteiger charge is -2.53. The molecular formula is C10H16O7S2. The summed E-state index contributed by atoms with van der Waals surface area (Å²) in [7, 11) is -6.90. The van der Waals surface area contributed by atoms with E-state index in [1.54, 1.807) is 0 Å². The summed E-state index contributed by atoms with van der Waals surface area (Å²) in [4.78, 5) is 11.4. The summed E-state index contributed by atoms with van der Waals surface area (Å²) in [6.07, 6.45) is 0.0672. The van der Waals surface area contributed by atoms with Gasteiger partial charge < -0.3 is 9.47 Å². The molecule has 3 atom stereocenters. The van der Waals surface area contributed by atoms with Crippen molar-refractivity contribution in [3.8, 4) is 0 Å². The Morgan fingerprint density at radius 2 is 2.11 bits per heavy atom. The Morgan fingerprint density at radius 1 is 1.47 bits per heavy atom. The Hall–Kier alpha value is -0.670. The summed E-state index contributed by atoms with van der Waals surface area (Å²) < 4.78 is 56.2. The number of esters is 1. The zero-order chi connectivity index (χ0) is 14.5. The molecule has 2 saturated heterocycles. The third-order valence-corrected chi connectivity index (χ3v) is 9.68. The number of hydrogen-bond acceptors (Lipinski definition) is 7. The maximum absolute atomic E-state index is 12.3. The van der Waals surface area contributed by atoms with Gasteiger partial charge in [0, 0.05) is 12.9 Å². The molecule has 9 heteroatoms. The fraction of sp³-hybridized carbons (Fsp3) is 0.900. The highest BCUT2D eigenvalue weighted by Crippen LogP contribution is 2.51. The van der Waals surface area contributed by atoms with Gasteiger partial charge in [0.2, 0.25) is 4.08 Å². The second kappa shape index (κ2) is 4.42. The van der Waals surface area contributed by atoms with Crippen LogP contribution in [0.3, 0.4) is 0 Å². The number of rotatable bonds is 3. The van der Waals surface area contributed by atoms with Crippen molar-refractivity contribution in [3.63, 3.8) is 0 Å². The molecule has 0 aromatic rings. The fourth-order valence-corrected chi connectivity index (χ4v) is 8.31. The van der Waals surface area contributed by atoms with Crippen LogP contribution in [0.5, 0.6) is 0 Å². The minimum atomic E-state index is -4.02. The normalized spacial score (nSPS) is 36.9. The molecule has 0 spiro atoms.